The number of esters is 3. The Morgan fingerprint density at radius 3 is 2.25 bits per heavy atom. The van der Waals surface area contributed by atoms with E-state index in [0.717, 1.165) is 0 Å². The van der Waals surface area contributed by atoms with E-state index in [2.05, 4.69) is 10.2 Å². The lowest BCUT2D eigenvalue weighted by molar-refractivity contribution is -0.180. The van der Waals surface area contributed by atoms with E-state index in [-0.39, 0.29) is 11.4 Å². The third-order valence-electron chi connectivity index (χ3n) is 7.83. The van der Waals surface area contributed by atoms with Gasteiger partial charge >= 0.3 is 25.7 Å². The first-order chi connectivity index (χ1) is 24.2. The second-order valence-electron chi connectivity index (χ2n) is 11.9. The maximum Gasteiger partial charge on any atom is 0.459 e. The van der Waals surface area contributed by atoms with E-state index < -0.39 is 80.5 Å². The molecule has 3 aromatic rings. The van der Waals surface area contributed by atoms with Gasteiger partial charge < -0.3 is 38.7 Å². The Labute approximate surface area is 294 Å². The Hall–Kier alpha value is -4.56. The molecule has 276 valence electrons. The number of nitriles is 1. The summed E-state index contributed by atoms with van der Waals surface area (Å²) in [5.41, 5.74) is 4.91. The molecule has 3 N–H and O–H groups in total. The molecule has 18 heteroatoms. The van der Waals surface area contributed by atoms with Gasteiger partial charge in [-0.05, 0) is 65.0 Å². The lowest BCUT2D eigenvalue weighted by atomic mass is 9.95. The molecule has 0 unspecified atom stereocenters. The fourth-order valence-electron chi connectivity index (χ4n) is 4.97. The number of nitrogens with two attached hydrogens (primary N) is 1. The molecule has 4 rings (SSSR count). The summed E-state index contributed by atoms with van der Waals surface area (Å²) >= 11 is 0. The summed E-state index contributed by atoms with van der Waals surface area (Å²) in [4.78, 5) is 39.2. The highest BCUT2D eigenvalue weighted by atomic mass is 31.2. The number of benzene rings is 1. The lowest BCUT2D eigenvalue weighted by Crippen LogP contribution is -2.51. The summed E-state index contributed by atoms with van der Waals surface area (Å²) in [6.07, 6.45) is -5.88. The Bertz CT molecular complexity index is 1780. The molecular formula is C33H42N5O12P. The molecule has 8 atom stereocenters. The minimum absolute atomic E-state index is 0.0922. The number of hydrogen-bond acceptors (Lipinski definition) is 15. The van der Waals surface area contributed by atoms with Crippen molar-refractivity contribution in [3.05, 3.63) is 60.4 Å². The van der Waals surface area contributed by atoms with Crippen molar-refractivity contribution < 1.29 is 56.4 Å². The number of ether oxygens (including phenoxy) is 6. The van der Waals surface area contributed by atoms with E-state index in [4.69, 9.17) is 43.2 Å². The van der Waals surface area contributed by atoms with Crippen LogP contribution in [0.25, 0.3) is 5.52 Å². The molecule has 2 aromatic heterocycles. The van der Waals surface area contributed by atoms with Crippen LogP contribution < -0.4 is 15.3 Å². The van der Waals surface area contributed by atoms with E-state index in [1.807, 2.05) is 6.07 Å². The number of aromatic nitrogens is 2. The van der Waals surface area contributed by atoms with Crippen LogP contribution in [0, 0.1) is 11.3 Å². The number of methoxy groups -OCH3 is 2. The maximum atomic E-state index is 14.4. The van der Waals surface area contributed by atoms with E-state index in [0.29, 0.717) is 11.2 Å². The number of rotatable bonds is 16. The van der Waals surface area contributed by atoms with Gasteiger partial charge in [-0.3, -0.25) is 9.32 Å². The van der Waals surface area contributed by atoms with Crippen molar-refractivity contribution in [2.24, 2.45) is 0 Å². The molecule has 1 aliphatic heterocycles. The van der Waals surface area contributed by atoms with Gasteiger partial charge in [-0.15, -0.1) is 0 Å². The predicted octanol–water partition coefficient (Wildman–Crippen LogP) is 3.28. The highest BCUT2D eigenvalue weighted by molar-refractivity contribution is 7.52. The van der Waals surface area contributed by atoms with Crippen LogP contribution in [0.5, 0.6) is 5.75 Å². The molecule has 1 fully saturated rings. The fraction of sp³-hybridized carbons (Fsp3) is 0.485. The molecule has 0 aliphatic carbocycles. The van der Waals surface area contributed by atoms with E-state index in [1.165, 1.54) is 57.8 Å². The third-order valence-corrected chi connectivity index (χ3v) is 9.46. The molecule has 17 nitrogen and oxygen atoms in total. The second-order valence-corrected chi connectivity index (χ2v) is 13.6. The molecule has 1 saturated heterocycles. The summed E-state index contributed by atoms with van der Waals surface area (Å²) in [5.74, 6) is -2.49. The zero-order valence-corrected chi connectivity index (χ0v) is 30.1. The molecular weight excluding hydrogens is 689 g/mol. The smallest absolute Gasteiger partial charge is 0.459 e. The third kappa shape index (κ3) is 9.03. The zero-order chi connectivity index (χ0) is 37.5. The topological polar surface area (TPSA) is 221 Å². The van der Waals surface area contributed by atoms with Crippen molar-refractivity contribution in [1.29, 1.82) is 5.26 Å². The number of nitrogen functional groups attached to an aromatic ring is 1. The standard InChI is InChI=1S/C33H42N5O12P/c1-19(2)46-30(39)20(3)37-51(42,50-23-11-9-8-10-12-23)45-18-33(17-34)29(48-32(41)22(5)44-7)28(47-31(40)21(4)43-6)27(49-33)26-14-13-25-24(35)15-16-36-38(25)26/h8-16,19-22,27-29H,18,35H2,1-7H3,(H,37,42)/t20-,21-,22-,27-,28-,29-,33+,51-/m0/s1. The van der Waals surface area contributed by atoms with Crippen molar-refractivity contribution in [2.45, 2.75) is 82.9 Å². The first-order valence-corrected chi connectivity index (χ1v) is 17.5. The number of nitrogens with one attached hydrogen (secondary N) is 1. The number of fused-ring (bicyclic) bond motifs is 1. The zero-order valence-electron chi connectivity index (χ0n) is 29.2. The molecule has 1 aromatic carbocycles. The van der Waals surface area contributed by atoms with Crippen molar-refractivity contribution in [3.63, 3.8) is 0 Å². The van der Waals surface area contributed by atoms with Gasteiger partial charge in [0.2, 0.25) is 5.60 Å². The van der Waals surface area contributed by atoms with E-state index in [1.54, 1.807) is 50.2 Å². The number of hydrogen-bond donors (Lipinski definition) is 2. The van der Waals surface area contributed by atoms with E-state index in [9.17, 15) is 24.2 Å². The minimum Gasteiger partial charge on any atom is -0.462 e. The summed E-state index contributed by atoms with van der Waals surface area (Å²) in [6, 6.07) is 13.5. The van der Waals surface area contributed by atoms with Gasteiger partial charge in [0.15, 0.2) is 24.4 Å². The van der Waals surface area contributed by atoms with Crippen LogP contribution >= 0.6 is 7.75 Å². The first kappa shape index (κ1) is 39.2. The van der Waals surface area contributed by atoms with Crippen molar-refractivity contribution in [2.75, 3.05) is 26.6 Å². The highest BCUT2D eigenvalue weighted by Crippen LogP contribution is 2.50. The number of nitrogens with zero attached hydrogens (tertiary/aromatic N) is 3. The molecule has 1 aliphatic rings. The highest BCUT2D eigenvalue weighted by Gasteiger charge is 2.62. The van der Waals surface area contributed by atoms with Gasteiger partial charge in [0.1, 0.15) is 30.6 Å². The summed E-state index contributed by atoms with van der Waals surface area (Å²) in [6.45, 7) is 6.61. The van der Waals surface area contributed by atoms with Crippen LogP contribution in [-0.4, -0.2) is 90.5 Å². The van der Waals surface area contributed by atoms with Gasteiger partial charge in [-0.25, -0.2) is 18.7 Å². The van der Waals surface area contributed by atoms with Crippen LogP contribution in [-0.2, 0) is 51.9 Å². The van der Waals surface area contributed by atoms with Crippen molar-refractivity contribution >= 4 is 36.9 Å². The Balaban J connectivity index is 1.82. The number of para-hydroxylation sites is 1. The van der Waals surface area contributed by atoms with Crippen molar-refractivity contribution in [3.8, 4) is 11.8 Å². The Kier molecular flexibility index (Phi) is 12.8. The fourth-order valence-corrected chi connectivity index (χ4v) is 6.49. The molecule has 51 heavy (non-hydrogen) atoms. The van der Waals surface area contributed by atoms with Crippen LogP contribution in [0.3, 0.4) is 0 Å². The average molecular weight is 732 g/mol. The molecule has 0 bridgehead atoms. The Morgan fingerprint density at radius 2 is 1.65 bits per heavy atom. The summed E-state index contributed by atoms with van der Waals surface area (Å²) < 4.78 is 61.0. The van der Waals surface area contributed by atoms with Crippen molar-refractivity contribution in [1.82, 2.24) is 14.7 Å². The van der Waals surface area contributed by atoms with E-state index >= 15 is 0 Å². The van der Waals surface area contributed by atoms with Gasteiger partial charge in [0, 0.05) is 20.4 Å². The van der Waals surface area contributed by atoms with Crippen LogP contribution in [0.15, 0.2) is 54.7 Å². The largest absolute Gasteiger partial charge is 0.462 e. The second kappa shape index (κ2) is 16.6. The molecule has 0 amide bonds. The maximum absolute atomic E-state index is 14.4. The SMILES string of the molecule is CO[C@@H](C)C(=O)O[C@H]1[C@H](c2ccc3c(N)ccnn23)O[C@](C#N)(CO[P@@](=O)(N[C@@H](C)C(=O)OC(C)C)Oc2ccccc2)[C@H]1OC(=O)[C@H](C)OC. The Morgan fingerprint density at radius 1 is 1.00 bits per heavy atom. The van der Waals surface area contributed by atoms with Crippen LogP contribution in [0.4, 0.5) is 5.69 Å². The van der Waals surface area contributed by atoms with Crippen LogP contribution in [0.1, 0.15) is 46.4 Å². The molecule has 3 heterocycles. The van der Waals surface area contributed by atoms with Crippen LogP contribution in [0.2, 0.25) is 0 Å². The predicted molar refractivity (Wildman–Crippen MR) is 179 cm³/mol. The number of carbonyl (C=O) groups excluding carboxylic acids is 3. The number of carbonyl (C=O) groups is 3. The summed E-state index contributed by atoms with van der Waals surface area (Å²) in [7, 11) is -2.02. The first-order valence-electron chi connectivity index (χ1n) is 15.9. The van der Waals surface area contributed by atoms with Gasteiger partial charge in [0.25, 0.3) is 0 Å². The average Bonchev–Trinajstić information content (AvgIpc) is 3.66. The van der Waals surface area contributed by atoms with Gasteiger partial charge in [-0.1, -0.05) is 18.2 Å². The minimum atomic E-state index is -4.59. The molecule has 0 radical (unpaired) electrons. The quantitative estimate of drug-likeness (QED) is 0.123. The monoisotopic (exact) mass is 731 g/mol. The number of anilines is 1. The van der Waals surface area contributed by atoms with Gasteiger partial charge in [0.05, 0.1) is 23.0 Å². The van der Waals surface area contributed by atoms with Gasteiger partial charge in [-0.2, -0.15) is 15.4 Å². The normalized spacial score (nSPS) is 23.1. The molecule has 0 spiro atoms. The summed E-state index contributed by atoms with van der Waals surface area (Å²) in [5, 5.41) is 17.7. The lowest BCUT2D eigenvalue weighted by Gasteiger charge is -2.31. The molecule has 0 saturated carbocycles.